The van der Waals surface area contributed by atoms with Crippen LogP contribution < -0.4 is 10.5 Å². The maximum Gasteiger partial charge on any atom is 0.323 e. The van der Waals surface area contributed by atoms with Crippen LogP contribution >= 0.6 is 0 Å². The van der Waals surface area contributed by atoms with E-state index in [1.807, 2.05) is 47.2 Å². The Balaban J connectivity index is 2.31. The third-order valence-electron chi connectivity index (χ3n) is 3.11. The Morgan fingerprint density at radius 2 is 2.00 bits per heavy atom. The highest BCUT2D eigenvalue weighted by Crippen LogP contribution is 2.24. The summed E-state index contributed by atoms with van der Waals surface area (Å²) in [5.41, 5.74) is 7.65. The number of ether oxygens (including phenoxy) is 2. The second-order valence-electron chi connectivity index (χ2n) is 4.38. The van der Waals surface area contributed by atoms with Crippen LogP contribution in [0.15, 0.2) is 42.6 Å². The molecule has 1 aromatic heterocycles. The van der Waals surface area contributed by atoms with Crippen molar-refractivity contribution < 1.29 is 14.3 Å². The first-order chi connectivity index (χ1) is 9.67. The van der Waals surface area contributed by atoms with Crippen LogP contribution in [0.1, 0.15) is 5.69 Å². The molecule has 0 aliphatic rings. The highest BCUT2D eigenvalue weighted by Gasteiger charge is 2.17. The second kappa shape index (κ2) is 6.25. The van der Waals surface area contributed by atoms with Gasteiger partial charge in [0.25, 0.3) is 0 Å². The average Bonchev–Trinajstić information content (AvgIpc) is 2.94. The summed E-state index contributed by atoms with van der Waals surface area (Å²) in [4.78, 5) is 11.4. The van der Waals surface area contributed by atoms with E-state index in [1.54, 1.807) is 7.11 Å². The topological polar surface area (TPSA) is 66.5 Å². The van der Waals surface area contributed by atoms with Gasteiger partial charge < -0.3 is 19.8 Å². The highest BCUT2D eigenvalue weighted by molar-refractivity contribution is 5.75. The van der Waals surface area contributed by atoms with Crippen molar-refractivity contribution in [2.24, 2.45) is 5.73 Å². The predicted octanol–water partition coefficient (Wildman–Crippen LogP) is 1.53. The van der Waals surface area contributed by atoms with Crippen LogP contribution in [0, 0.1) is 0 Å². The third kappa shape index (κ3) is 2.83. The quantitative estimate of drug-likeness (QED) is 0.840. The van der Waals surface area contributed by atoms with Crippen LogP contribution in [0.4, 0.5) is 0 Å². The lowest BCUT2D eigenvalue weighted by atomic mass is 10.1. The molecule has 0 fully saturated rings. The summed E-state index contributed by atoms with van der Waals surface area (Å²) < 4.78 is 12.0. The van der Waals surface area contributed by atoms with Gasteiger partial charge in [0.05, 0.1) is 19.9 Å². The number of esters is 1. The minimum Gasteiger partial charge on any atom is -0.495 e. The monoisotopic (exact) mass is 274 g/mol. The molecular weight excluding hydrogens is 256 g/mol. The molecule has 0 spiro atoms. The number of aromatic nitrogens is 1. The summed E-state index contributed by atoms with van der Waals surface area (Å²) in [6, 6.07) is 10.8. The summed E-state index contributed by atoms with van der Waals surface area (Å²) in [6.07, 6.45) is 2.31. The van der Waals surface area contributed by atoms with Crippen molar-refractivity contribution in [3.05, 3.63) is 48.3 Å². The normalized spacial score (nSPS) is 11.9. The molecule has 0 radical (unpaired) electrons. The summed E-state index contributed by atoms with van der Waals surface area (Å²) in [6.45, 7) is 0. The molecule has 1 atom stereocenters. The Morgan fingerprint density at radius 1 is 1.25 bits per heavy atom. The Kier molecular flexibility index (Phi) is 4.42. The maximum absolute atomic E-state index is 11.4. The summed E-state index contributed by atoms with van der Waals surface area (Å²) >= 11 is 0. The first-order valence-corrected chi connectivity index (χ1v) is 6.30. The Morgan fingerprint density at radius 3 is 2.70 bits per heavy atom. The van der Waals surface area contributed by atoms with E-state index in [4.69, 9.17) is 10.5 Å². The van der Waals surface area contributed by atoms with Gasteiger partial charge >= 0.3 is 5.97 Å². The molecule has 20 heavy (non-hydrogen) atoms. The SMILES string of the molecule is COC(=O)C(N)Cc1cccn1-c1ccccc1OC. The second-order valence-corrected chi connectivity index (χ2v) is 4.38. The molecule has 1 aromatic carbocycles. The van der Waals surface area contributed by atoms with Gasteiger partial charge in [-0.25, -0.2) is 0 Å². The number of nitrogens with zero attached hydrogens (tertiary/aromatic N) is 1. The molecular formula is C15H18N2O3. The number of carbonyl (C=O) groups is 1. The molecule has 2 rings (SSSR count). The van der Waals surface area contributed by atoms with Crippen molar-refractivity contribution in [1.29, 1.82) is 0 Å². The van der Waals surface area contributed by atoms with Crippen LogP contribution in [0.5, 0.6) is 5.75 Å². The number of para-hydroxylation sites is 2. The minimum atomic E-state index is -0.677. The summed E-state index contributed by atoms with van der Waals surface area (Å²) in [5, 5.41) is 0. The van der Waals surface area contributed by atoms with Crippen molar-refractivity contribution in [2.45, 2.75) is 12.5 Å². The molecule has 106 valence electrons. The van der Waals surface area contributed by atoms with Crippen molar-refractivity contribution in [1.82, 2.24) is 4.57 Å². The molecule has 1 heterocycles. The van der Waals surface area contributed by atoms with Gasteiger partial charge in [0, 0.05) is 18.3 Å². The van der Waals surface area contributed by atoms with E-state index in [0.717, 1.165) is 17.1 Å². The Labute approximate surface area is 117 Å². The van der Waals surface area contributed by atoms with Crippen molar-refractivity contribution >= 4 is 5.97 Å². The largest absolute Gasteiger partial charge is 0.495 e. The lowest BCUT2D eigenvalue weighted by molar-refractivity contribution is -0.142. The maximum atomic E-state index is 11.4. The van der Waals surface area contributed by atoms with Gasteiger partial charge in [-0.05, 0) is 24.3 Å². The number of carbonyl (C=O) groups excluding carboxylic acids is 1. The number of hydrogen-bond donors (Lipinski definition) is 1. The zero-order chi connectivity index (χ0) is 14.5. The zero-order valence-electron chi connectivity index (χ0n) is 11.6. The van der Waals surface area contributed by atoms with Gasteiger partial charge in [-0.1, -0.05) is 12.1 Å². The van der Waals surface area contributed by atoms with Crippen LogP contribution in [0.2, 0.25) is 0 Å². The van der Waals surface area contributed by atoms with Crippen LogP contribution in [0.3, 0.4) is 0 Å². The molecule has 0 aliphatic carbocycles. The molecule has 5 nitrogen and oxygen atoms in total. The Bertz CT molecular complexity index is 592. The average molecular weight is 274 g/mol. The smallest absolute Gasteiger partial charge is 0.323 e. The van der Waals surface area contributed by atoms with Gasteiger partial charge in [-0.3, -0.25) is 4.79 Å². The fourth-order valence-electron chi connectivity index (χ4n) is 2.11. The standard InChI is InChI=1S/C15H18N2O3/c1-19-14-8-4-3-7-13(14)17-9-5-6-11(17)10-12(16)15(18)20-2/h3-9,12H,10,16H2,1-2H3. The van der Waals surface area contributed by atoms with Gasteiger partial charge in [-0.15, -0.1) is 0 Å². The van der Waals surface area contributed by atoms with Gasteiger partial charge in [0.15, 0.2) is 0 Å². The van der Waals surface area contributed by atoms with E-state index in [0.29, 0.717) is 6.42 Å². The van der Waals surface area contributed by atoms with Crippen molar-refractivity contribution in [3.63, 3.8) is 0 Å². The molecule has 0 bridgehead atoms. The van der Waals surface area contributed by atoms with Gasteiger partial charge in [-0.2, -0.15) is 0 Å². The van der Waals surface area contributed by atoms with E-state index < -0.39 is 12.0 Å². The third-order valence-corrected chi connectivity index (χ3v) is 3.11. The lowest BCUT2D eigenvalue weighted by Gasteiger charge is -2.15. The van der Waals surface area contributed by atoms with Gasteiger partial charge in [0.1, 0.15) is 11.8 Å². The molecule has 2 aromatic rings. The number of methoxy groups -OCH3 is 2. The van der Waals surface area contributed by atoms with E-state index in [2.05, 4.69) is 4.74 Å². The zero-order valence-corrected chi connectivity index (χ0v) is 11.6. The van der Waals surface area contributed by atoms with Crippen LogP contribution in [0.25, 0.3) is 5.69 Å². The number of rotatable bonds is 5. The van der Waals surface area contributed by atoms with E-state index in [-0.39, 0.29) is 0 Å². The summed E-state index contributed by atoms with van der Waals surface area (Å²) in [7, 11) is 2.96. The number of benzene rings is 1. The molecule has 0 amide bonds. The van der Waals surface area contributed by atoms with Crippen molar-refractivity contribution in [2.75, 3.05) is 14.2 Å². The number of hydrogen-bond acceptors (Lipinski definition) is 4. The molecule has 5 heteroatoms. The molecule has 0 saturated carbocycles. The van der Waals surface area contributed by atoms with E-state index in [9.17, 15) is 4.79 Å². The fraction of sp³-hybridized carbons (Fsp3) is 0.267. The first kappa shape index (κ1) is 14.1. The minimum absolute atomic E-state index is 0.401. The molecule has 1 unspecified atom stereocenters. The van der Waals surface area contributed by atoms with E-state index in [1.165, 1.54) is 7.11 Å². The lowest BCUT2D eigenvalue weighted by Crippen LogP contribution is -2.34. The summed E-state index contributed by atoms with van der Waals surface area (Å²) in [5.74, 6) is 0.342. The van der Waals surface area contributed by atoms with Crippen LogP contribution in [-0.4, -0.2) is 30.8 Å². The predicted molar refractivity (Wildman–Crippen MR) is 76.0 cm³/mol. The highest BCUT2D eigenvalue weighted by atomic mass is 16.5. The van der Waals surface area contributed by atoms with E-state index >= 15 is 0 Å². The van der Waals surface area contributed by atoms with Gasteiger partial charge in [0.2, 0.25) is 0 Å². The number of nitrogens with two attached hydrogens (primary N) is 1. The van der Waals surface area contributed by atoms with Crippen LogP contribution in [-0.2, 0) is 16.0 Å². The molecule has 0 aliphatic heterocycles. The molecule has 2 N–H and O–H groups in total. The molecule has 0 saturated heterocycles. The first-order valence-electron chi connectivity index (χ1n) is 6.30. The fourth-order valence-corrected chi connectivity index (χ4v) is 2.11. The van der Waals surface area contributed by atoms with Crippen molar-refractivity contribution in [3.8, 4) is 11.4 Å². The Hall–Kier alpha value is -2.27.